The van der Waals surface area contributed by atoms with Gasteiger partial charge in [-0.15, -0.1) is 35.1 Å². The summed E-state index contributed by atoms with van der Waals surface area (Å²) < 4.78 is 39.6. The van der Waals surface area contributed by atoms with Gasteiger partial charge in [0.15, 0.2) is 5.78 Å². The second kappa shape index (κ2) is 15.5. The number of carbonyl (C=O) groups is 1. The summed E-state index contributed by atoms with van der Waals surface area (Å²) in [5, 5.41) is 3.58. The Morgan fingerprint density at radius 3 is 1.92 bits per heavy atom. The molecule has 2 atom stereocenters. The van der Waals surface area contributed by atoms with Gasteiger partial charge in [0.2, 0.25) is 0 Å². The number of ketones is 1. The summed E-state index contributed by atoms with van der Waals surface area (Å²) in [6.07, 6.45) is 7.52. The van der Waals surface area contributed by atoms with Crippen LogP contribution in [-0.4, -0.2) is 65.0 Å². The molecular formula is C41H49ClF3N3O3S2. The monoisotopic (exact) mass is 787 g/mol. The Morgan fingerprint density at radius 2 is 1.38 bits per heavy atom. The van der Waals surface area contributed by atoms with E-state index < -0.39 is 11.7 Å². The zero-order valence-electron chi connectivity index (χ0n) is 30.6. The van der Waals surface area contributed by atoms with Crippen LogP contribution >= 0.6 is 35.1 Å². The largest absolute Gasteiger partial charge is 0.418 e. The Morgan fingerprint density at radius 1 is 0.830 bits per heavy atom. The van der Waals surface area contributed by atoms with Crippen molar-refractivity contribution in [3.05, 3.63) is 68.9 Å². The Labute approximate surface area is 323 Å². The number of carbonyl (C=O) groups excluding carboxylic acids is 3. The summed E-state index contributed by atoms with van der Waals surface area (Å²) in [7, 11) is 0. The maximum Gasteiger partial charge on any atom is 0.418 e. The van der Waals surface area contributed by atoms with Crippen molar-refractivity contribution in [2.75, 3.05) is 26.2 Å². The zero-order valence-corrected chi connectivity index (χ0v) is 33.0. The first-order chi connectivity index (χ1) is 24.8. The van der Waals surface area contributed by atoms with Crippen molar-refractivity contribution in [3.63, 3.8) is 0 Å². The average Bonchev–Trinajstić information content (AvgIpc) is 4.00. The number of nitrogens with two attached hydrogens (primary N) is 1. The van der Waals surface area contributed by atoms with Crippen molar-refractivity contribution in [3.8, 4) is 0 Å². The van der Waals surface area contributed by atoms with Crippen molar-refractivity contribution >= 4 is 67.2 Å². The number of halogens is 4. The molecule has 286 valence electrons. The normalized spacial score (nSPS) is 27.8. The van der Waals surface area contributed by atoms with E-state index in [1.807, 2.05) is 0 Å². The summed E-state index contributed by atoms with van der Waals surface area (Å²) in [4.78, 5) is 35.7. The first-order valence-corrected chi connectivity index (χ1v) is 20.3. The maximum absolute atomic E-state index is 13.1. The van der Waals surface area contributed by atoms with E-state index in [0.717, 1.165) is 34.5 Å². The quantitative estimate of drug-likeness (QED) is 0.208. The first-order valence-electron chi connectivity index (χ1n) is 18.6. The molecule has 4 bridgehead atoms. The number of hydrogen-bond acceptors (Lipinski definition) is 8. The van der Waals surface area contributed by atoms with Crippen LogP contribution in [0.3, 0.4) is 0 Å². The molecule has 12 heteroatoms. The van der Waals surface area contributed by atoms with E-state index in [0.29, 0.717) is 38.9 Å². The molecule has 2 aromatic carbocycles. The first kappa shape index (κ1) is 40.0. The molecule has 2 N–H and O–H groups in total. The number of nitrogens with zero attached hydrogens (tertiary/aromatic N) is 2. The van der Waals surface area contributed by atoms with Gasteiger partial charge in [-0.2, -0.15) is 22.8 Å². The molecule has 6 saturated heterocycles. The van der Waals surface area contributed by atoms with Crippen LogP contribution in [0.5, 0.6) is 0 Å². The number of benzene rings is 2. The van der Waals surface area contributed by atoms with Gasteiger partial charge < -0.3 is 5.73 Å². The third-order valence-corrected chi connectivity index (χ3v) is 15.5. The molecule has 2 aliphatic carbocycles. The van der Waals surface area contributed by atoms with Gasteiger partial charge in [-0.25, -0.2) is 0 Å². The standard InChI is InChI=1S/C21H25NOS.C10H7F3S.C9H16N2.CO2.ClH/c1-13-3-4-16-11-19(24-20(16)14(13)2)18(23)12-17-15-5-9-22(10-6-15)21(17)7-8-21;1-6-2-3-7-4-5-14-9(7)8(6)10(11,12)13;10-8-7-1-5-11(6-2-7)9(8)3-4-9;2-1-3;/h3-4,11,15,17H,5-10,12H2,1-2H3;2-5H,1H3;7-8H,1-6,10H2;;1H/t17-;;8-;;/m1.1../s1. The van der Waals surface area contributed by atoms with Crippen LogP contribution in [0.1, 0.15) is 89.7 Å². The summed E-state index contributed by atoms with van der Waals surface area (Å²) >= 11 is 2.85. The van der Waals surface area contributed by atoms with Gasteiger partial charge >= 0.3 is 12.3 Å². The van der Waals surface area contributed by atoms with Gasteiger partial charge in [-0.3, -0.25) is 14.6 Å². The molecule has 8 fully saturated rings. The predicted molar refractivity (Wildman–Crippen MR) is 208 cm³/mol. The average molecular weight is 788 g/mol. The summed E-state index contributed by atoms with van der Waals surface area (Å²) in [5.74, 6) is 2.65. The van der Waals surface area contributed by atoms with E-state index in [9.17, 15) is 18.0 Å². The van der Waals surface area contributed by atoms with Crippen molar-refractivity contribution < 1.29 is 27.6 Å². The highest BCUT2D eigenvalue weighted by molar-refractivity contribution is 7.21. The number of piperidine rings is 6. The van der Waals surface area contributed by atoms with Gasteiger partial charge in [-0.1, -0.05) is 24.3 Å². The highest BCUT2D eigenvalue weighted by Crippen LogP contribution is 2.59. The topological polar surface area (TPSA) is 83.7 Å². The van der Waals surface area contributed by atoms with Crippen LogP contribution < -0.4 is 5.73 Å². The van der Waals surface area contributed by atoms with Crippen molar-refractivity contribution in [1.82, 2.24) is 9.80 Å². The van der Waals surface area contributed by atoms with E-state index >= 15 is 0 Å². The molecular weight excluding hydrogens is 739 g/mol. The molecule has 0 unspecified atom stereocenters. The van der Waals surface area contributed by atoms with Crippen LogP contribution in [0, 0.1) is 38.5 Å². The minimum atomic E-state index is -4.26. The van der Waals surface area contributed by atoms with Crippen molar-refractivity contribution in [2.24, 2.45) is 23.5 Å². The summed E-state index contributed by atoms with van der Waals surface area (Å²) in [6.45, 7) is 11.0. The highest BCUT2D eigenvalue weighted by atomic mass is 35.5. The van der Waals surface area contributed by atoms with Crippen LogP contribution in [0.2, 0.25) is 0 Å². The van der Waals surface area contributed by atoms with Gasteiger partial charge in [0.1, 0.15) is 0 Å². The van der Waals surface area contributed by atoms with E-state index in [4.69, 9.17) is 15.3 Å². The fourth-order valence-corrected chi connectivity index (χ4v) is 12.2. The predicted octanol–water partition coefficient (Wildman–Crippen LogP) is 9.60. The molecule has 0 amide bonds. The molecule has 4 aromatic rings. The molecule has 12 rings (SSSR count). The molecule has 6 nitrogen and oxygen atoms in total. The van der Waals surface area contributed by atoms with Crippen molar-refractivity contribution in [1.29, 1.82) is 0 Å². The Hall–Kier alpha value is -2.63. The molecule has 2 saturated carbocycles. The lowest BCUT2D eigenvalue weighted by molar-refractivity contribution is -0.191. The second-order valence-electron chi connectivity index (χ2n) is 15.8. The van der Waals surface area contributed by atoms with Gasteiger partial charge in [0.25, 0.3) is 0 Å². The summed E-state index contributed by atoms with van der Waals surface area (Å²) in [6, 6.07) is 11.9. The molecule has 53 heavy (non-hydrogen) atoms. The minimum absolute atomic E-state index is 0. The highest BCUT2D eigenvalue weighted by Gasteiger charge is 2.60. The Bertz CT molecular complexity index is 1980. The lowest BCUT2D eigenvalue weighted by Crippen LogP contribution is -2.63. The molecule has 8 heterocycles. The molecule has 2 aromatic heterocycles. The van der Waals surface area contributed by atoms with Crippen LogP contribution in [0.4, 0.5) is 13.2 Å². The van der Waals surface area contributed by atoms with E-state index in [2.05, 4.69) is 41.8 Å². The van der Waals surface area contributed by atoms with Crippen LogP contribution in [0.25, 0.3) is 20.2 Å². The smallest absolute Gasteiger partial charge is 0.326 e. The molecule has 8 aliphatic rings. The second-order valence-corrected chi connectivity index (χ2v) is 17.8. The van der Waals surface area contributed by atoms with Gasteiger partial charge in [0, 0.05) is 32.9 Å². The number of fused-ring (bicyclic) bond motifs is 6. The SMILES string of the molecule is Cc1ccc2cc(C(=O)C[C@@H]3C4CCN(CC4)C34CC4)sc2c1C.Cc1ccc2ccsc2c1C(F)(F)F.Cl.N[C@@H]1C2CCN(CC2)C12CC2.O=C=O. The van der Waals surface area contributed by atoms with Gasteiger partial charge in [0.05, 0.1) is 10.4 Å². The minimum Gasteiger partial charge on any atom is -0.326 e. The number of thiophene rings is 2. The number of Topliss-reactive ketones (excluding diaryl/α,β-unsaturated/α-hetero) is 1. The summed E-state index contributed by atoms with van der Waals surface area (Å²) in [5.41, 5.74) is 9.59. The lowest BCUT2D eigenvalue weighted by Gasteiger charge is -2.52. The molecule has 2 spiro atoms. The zero-order chi connectivity index (χ0) is 37.0. The van der Waals surface area contributed by atoms with Gasteiger partial charge in [-0.05, 0) is 161 Å². The van der Waals surface area contributed by atoms with Crippen LogP contribution in [0.15, 0.2) is 41.8 Å². The number of alkyl halides is 3. The third kappa shape index (κ3) is 7.52. The lowest BCUT2D eigenvalue weighted by atomic mass is 9.70. The van der Waals surface area contributed by atoms with E-state index in [1.54, 1.807) is 28.8 Å². The van der Waals surface area contributed by atoms with E-state index in [-0.39, 0.29) is 24.1 Å². The number of rotatable bonds is 3. The Balaban J connectivity index is 0.000000141. The fraction of sp³-hybridized carbons (Fsp3) is 0.561. The third-order valence-electron chi connectivity index (χ3n) is 13.3. The van der Waals surface area contributed by atoms with E-state index in [1.165, 1.54) is 112 Å². The molecule has 0 radical (unpaired) electrons. The fourth-order valence-electron chi connectivity index (χ4n) is 9.98. The van der Waals surface area contributed by atoms with Crippen molar-refractivity contribution in [2.45, 2.75) is 102 Å². The Kier molecular flexibility index (Phi) is 11.7. The molecule has 6 aliphatic heterocycles. The number of aryl methyl sites for hydroxylation is 3. The number of hydrogen-bond donors (Lipinski definition) is 1. The van der Waals surface area contributed by atoms with Crippen LogP contribution in [-0.2, 0) is 15.8 Å². The maximum atomic E-state index is 13.1.